The number of hydrogen-bond donors (Lipinski definition) is 2. The lowest BCUT2D eigenvalue weighted by Gasteiger charge is -2.42. The molecule has 4 nitrogen and oxygen atoms in total. The normalized spacial score (nSPS) is 42.2. The minimum absolute atomic E-state index is 0.181. The van der Waals surface area contributed by atoms with E-state index in [1.165, 1.54) is 0 Å². The highest BCUT2D eigenvalue weighted by Gasteiger charge is 2.52. The van der Waals surface area contributed by atoms with Crippen LogP contribution >= 0.6 is 0 Å². The minimum Gasteiger partial charge on any atom is -0.479 e. The van der Waals surface area contributed by atoms with Crippen molar-refractivity contribution in [3.8, 4) is 0 Å². The third-order valence-electron chi connectivity index (χ3n) is 3.15. The molecule has 4 heteroatoms. The summed E-state index contributed by atoms with van der Waals surface area (Å²) in [6.07, 6.45) is 6.05. The van der Waals surface area contributed by atoms with Crippen LogP contribution in [0.2, 0.25) is 0 Å². The summed E-state index contributed by atoms with van der Waals surface area (Å²) in [6.45, 7) is 0. The first kappa shape index (κ1) is 8.72. The van der Waals surface area contributed by atoms with Crippen LogP contribution < -0.4 is 0 Å². The average Bonchev–Trinajstić information content (AvgIpc) is 2.19. The Labute approximate surface area is 75.8 Å². The largest absolute Gasteiger partial charge is 0.479 e. The van der Waals surface area contributed by atoms with Crippen molar-refractivity contribution in [2.75, 3.05) is 0 Å². The van der Waals surface area contributed by atoms with Crippen molar-refractivity contribution in [2.24, 2.45) is 11.8 Å². The molecule has 0 aromatic carbocycles. The fourth-order valence-electron chi connectivity index (χ4n) is 2.37. The van der Waals surface area contributed by atoms with Crippen LogP contribution in [0.1, 0.15) is 19.3 Å². The first-order valence-corrected chi connectivity index (χ1v) is 4.43. The van der Waals surface area contributed by atoms with Crippen molar-refractivity contribution in [3.63, 3.8) is 0 Å². The first-order valence-electron chi connectivity index (χ1n) is 4.43. The number of carboxylic acid groups (broad SMARTS) is 1. The van der Waals surface area contributed by atoms with Crippen molar-refractivity contribution in [2.45, 2.75) is 24.9 Å². The van der Waals surface area contributed by atoms with Crippen LogP contribution in [-0.2, 0) is 9.68 Å². The van der Waals surface area contributed by atoms with Crippen molar-refractivity contribution in [1.29, 1.82) is 0 Å². The molecule has 0 aromatic rings. The van der Waals surface area contributed by atoms with Gasteiger partial charge in [0.15, 0.2) is 0 Å². The monoisotopic (exact) mass is 184 g/mol. The maximum atomic E-state index is 11.0. The third-order valence-corrected chi connectivity index (χ3v) is 3.15. The lowest BCUT2D eigenvalue weighted by molar-refractivity contribution is -0.335. The summed E-state index contributed by atoms with van der Waals surface area (Å²) < 4.78 is 0. The van der Waals surface area contributed by atoms with Gasteiger partial charge in [-0.05, 0) is 25.2 Å². The van der Waals surface area contributed by atoms with Crippen LogP contribution in [0.5, 0.6) is 0 Å². The Hall–Kier alpha value is -0.870. The van der Waals surface area contributed by atoms with Gasteiger partial charge < -0.3 is 5.11 Å². The van der Waals surface area contributed by atoms with E-state index in [4.69, 9.17) is 10.4 Å². The standard InChI is InChI=1S/C9H12O4/c10-8(11)9(13-12)5-6-1-3-7(9)4-2-6/h1,3,6-7,12H,2,4-5H2,(H,10,11). The summed E-state index contributed by atoms with van der Waals surface area (Å²) in [4.78, 5) is 15.2. The van der Waals surface area contributed by atoms with E-state index in [2.05, 4.69) is 4.89 Å². The van der Waals surface area contributed by atoms with Gasteiger partial charge in [-0.3, -0.25) is 5.26 Å². The number of carboxylic acids is 1. The molecular weight excluding hydrogens is 172 g/mol. The second kappa shape index (κ2) is 2.82. The highest BCUT2D eigenvalue weighted by molar-refractivity contribution is 5.78. The maximum Gasteiger partial charge on any atom is 0.340 e. The Balaban J connectivity index is 2.33. The zero-order valence-electron chi connectivity index (χ0n) is 7.14. The number of allylic oxidation sites excluding steroid dienone is 1. The molecule has 0 spiro atoms. The summed E-state index contributed by atoms with van der Waals surface area (Å²) in [5, 5.41) is 17.7. The Morgan fingerprint density at radius 3 is 2.46 bits per heavy atom. The molecule has 2 bridgehead atoms. The maximum absolute atomic E-state index is 11.0. The Morgan fingerprint density at radius 2 is 2.23 bits per heavy atom. The molecule has 3 aliphatic carbocycles. The molecule has 13 heavy (non-hydrogen) atoms. The molecule has 3 rings (SSSR count). The van der Waals surface area contributed by atoms with Crippen LogP contribution in [0, 0.1) is 11.8 Å². The molecule has 72 valence electrons. The average molecular weight is 184 g/mol. The number of hydrogen-bond acceptors (Lipinski definition) is 3. The van der Waals surface area contributed by atoms with Crippen LogP contribution in [0.3, 0.4) is 0 Å². The Bertz CT molecular complexity index is 260. The Morgan fingerprint density at radius 1 is 1.46 bits per heavy atom. The predicted octanol–water partition coefficient (Wildman–Crippen LogP) is 1.29. The van der Waals surface area contributed by atoms with Crippen molar-refractivity contribution in [1.82, 2.24) is 0 Å². The van der Waals surface area contributed by atoms with E-state index in [9.17, 15) is 4.79 Å². The molecule has 1 fully saturated rings. The molecule has 0 heterocycles. The van der Waals surface area contributed by atoms with Gasteiger partial charge in [-0.25, -0.2) is 9.68 Å². The van der Waals surface area contributed by atoms with E-state index >= 15 is 0 Å². The fraction of sp³-hybridized carbons (Fsp3) is 0.667. The smallest absolute Gasteiger partial charge is 0.340 e. The SMILES string of the molecule is O=C(O)C1(OO)CC2C=CC1CC2. The molecule has 0 radical (unpaired) electrons. The molecule has 0 aromatic heterocycles. The van der Waals surface area contributed by atoms with E-state index in [1.54, 1.807) is 0 Å². The van der Waals surface area contributed by atoms with Crippen molar-refractivity contribution >= 4 is 5.97 Å². The van der Waals surface area contributed by atoms with E-state index in [0.717, 1.165) is 12.8 Å². The molecular formula is C9H12O4. The molecule has 0 amide bonds. The van der Waals surface area contributed by atoms with Gasteiger partial charge in [0, 0.05) is 5.92 Å². The summed E-state index contributed by atoms with van der Waals surface area (Å²) in [5.74, 6) is -0.998. The molecule has 2 N–H and O–H groups in total. The molecule has 3 atom stereocenters. The van der Waals surface area contributed by atoms with E-state index in [0.29, 0.717) is 6.42 Å². The Kier molecular flexibility index (Phi) is 1.89. The lowest BCUT2D eigenvalue weighted by atomic mass is 9.66. The predicted molar refractivity (Wildman–Crippen MR) is 44.1 cm³/mol. The highest BCUT2D eigenvalue weighted by atomic mass is 17.1. The number of fused-ring (bicyclic) bond motifs is 2. The van der Waals surface area contributed by atoms with Gasteiger partial charge in [-0.1, -0.05) is 12.2 Å². The summed E-state index contributed by atoms with van der Waals surface area (Å²) >= 11 is 0. The topological polar surface area (TPSA) is 66.8 Å². The van der Waals surface area contributed by atoms with Gasteiger partial charge in [0.05, 0.1) is 0 Å². The molecule has 1 saturated carbocycles. The van der Waals surface area contributed by atoms with Crippen molar-refractivity contribution < 1.29 is 20.0 Å². The van der Waals surface area contributed by atoms with Crippen LogP contribution in [0.25, 0.3) is 0 Å². The van der Waals surface area contributed by atoms with E-state index < -0.39 is 11.6 Å². The zero-order valence-corrected chi connectivity index (χ0v) is 7.14. The van der Waals surface area contributed by atoms with Crippen LogP contribution in [-0.4, -0.2) is 21.9 Å². The minimum atomic E-state index is -1.38. The van der Waals surface area contributed by atoms with Gasteiger partial charge in [0.1, 0.15) is 0 Å². The number of aliphatic carboxylic acids is 1. The third kappa shape index (κ3) is 1.09. The molecule has 3 unspecified atom stereocenters. The molecule has 0 aliphatic heterocycles. The van der Waals surface area contributed by atoms with Crippen LogP contribution in [0.4, 0.5) is 0 Å². The fourth-order valence-corrected chi connectivity index (χ4v) is 2.37. The number of carbonyl (C=O) groups is 1. The van der Waals surface area contributed by atoms with E-state index in [-0.39, 0.29) is 11.8 Å². The first-order chi connectivity index (χ1) is 6.19. The second-order valence-electron chi connectivity index (χ2n) is 3.82. The summed E-state index contributed by atoms with van der Waals surface area (Å²) in [5.41, 5.74) is -1.38. The van der Waals surface area contributed by atoms with Gasteiger partial charge in [0.2, 0.25) is 5.60 Å². The van der Waals surface area contributed by atoms with Gasteiger partial charge in [0.25, 0.3) is 0 Å². The van der Waals surface area contributed by atoms with Gasteiger partial charge in [-0.15, -0.1) is 0 Å². The van der Waals surface area contributed by atoms with Gasteiger partial charge in [-0.2, -0.15) is 0 Å². The van der Waals surface area contributed by atoms with Crippen LogP contribution in [0.15, 0.2) is 12.2 Å². The number of rotatable bonds is 2. The highest BCUT2D eigenvalue weighted by Crippen LogP contribution is 2.45. The zero-order chi connectivity index (χ0) is 9.47. The van der Waals surface area contributed by atoms with Gasteiger partial charge >= 0.3 is 5.97 Å². The van der Waals surface area contributed by atoms with Crippen molar-refractivity contribution in [3.05, 3.63) is 12.2 Å². The summed E-state index contributed by atoms with van der Waals surface area (Å²) in [6, 6.07) is 0. The molecule has 0 saturated heterocycles. The quantitative estimate of drug-likeness (QED) is 0.385. The van der Waals surface area contributed by atoms with E-state index in [1.807, 2.05) is 12.2 Å². The molecule has 3 aliphatic rings. The summed E-state index contributed by atoms with van der Waals surface area (Å²) in [7, 11) is 0. The second-order valence-corrected chi connectivity index (χ2v) is 3.82. The lowest BCUT2D eigenvalue weighted by Crippen LogP contribution is -2.52.